The van der Waals surface area contributed by atoms with Crippen molar-refractivity contribution in [2.75, 3.05) is 13.2 Å². The fourth-order valence-corrected chi connectivity index (χ4v) is 2.18. The van der Waals surface area contributed by atoms with Gasteiger partial charge in [0.2, 0.25) is 10.0 Å². The van der Waals surface area contributed by atoms with Gasteiger partial charge in [-0.2, -0.15) is 0 Å². The predicted octanol–water partition coefficient (Wildman–Crippen LogP) is -0.377. The number of imide groups is 1. The van der Waals surface area contributed by atoms with Crippen LogP contribution in [0.3, 0.4) is 0 Å². The highest BCUT2D eigenvalue weighted by Gasteiger charge is 2.12. The number of carbonyl (C=O) groups is 3. The highest BCUT2D eigenvalue weighted by atomic mass is 32.2. The van der Waals surface area contributed by atoms with Gasteiger partial charge in [0, 0.05) is 5.41 Å². The van der Waals surface area contributed by atoms with E-state index < -0.39 is 41.1 Å². The van der Waals surface area contributed by atoms with Gasteiger partial charge >= 0.3 is 12.0 Å². The van der Waals surface area contributed by atoms with Crippen molar-refractivity contribution in [3.05, 3.63) is 40.8 Å². The zero-order chi connectivity index (χ0) is 18.2. The maximum atomic E-state index is 11.7. The van der Waals surface area contributed by atoms with E-state index in [0.717, 1.165) is 11.0 Å². The predicted molar refractivity (Wildman–Crippen MR) is 85.8 cm³/mol. The first kappa shape index (κ1) is 19.3. The Balaban J connectivity index is 2.44. The molecule has 24 heavy (non-hydrogen) atoms. The molecule has 0 aliphatic carbocycles. The van der Waals surface area contributed by atoms with Crippen LogP contribution in [-0.4, -0.2) is 39.5 Å². The van der Waals surface area contributed by atoms with Gasteiger partial charge < -0.3 is 10.5 Å². The molecule has 130 valence electrons. The largest absolute Gasteiger partial charge is 0.455 e. The maximum absolute atomic E-state index is 11.7. The molecule has 0 saturated heterocycles. The van der Waals surface area contributed by atoms with Crippen LogP contribution in [0, 0.1) is 6.92 Å². The van der Waals surface area contributed by atoms with E-state index in [4.69, 9.17) is 5.73 Å². The van der Waals surface area contributed by atoms with Gasteiger partial charge in [-0.15, -0.1) is 0 Å². The third kappa shape index (κ3) is 8.06. The summed E-state index contributed by atoms with van der Waals surface area (Å²) in [7, 11) is -3.85. The van der Waals surface area contributed by atoms with Crippen LogP contribution < -0.4 is 15.8 Å². The molecular weight excluding hydrogens is 338 g/mol. The molecule has 0 spiro atoms. The lowest BCUT2D eigenvalue weighted by Crippen LogP contribution is -2.38. The number of nitrogens with one attached hydrogen (secondary N) is 2. The van der Waals surface area contributed by atoms with Gasteiger partial charge in [0.25, 0.3) is 5.91 Å². The molecule has 0 aliphatic heterocycles. The van der Waals surface area contributed by atoms with Crippen LogP contribution in [0.4, 0.5) is 4.79 Å². The van der Waals surface area contributed by atoms with E-state index in [0.29, 0.717) is 5.56 Å². The minimum atomic E-state index is -3.85. The molecule has 0 heterocycles. The Morgan fingerprint density at radius 3 is 2.42 bits per heavy atom. The van der Waals surface area contributed by atoms with Crippen LogP contribution in [0.2, 0.25) is 0 Å². The first-order chi connectivity index (χ1) is 11.2. The van der Waals surface area contributed by atoms with Gasteiger partial charge in [0.05, 0.1) is 0 Å². The third-order valence-electron chi connectivity index (χ3n) is 2.56. The van der Waals surface area contributed by atoms with Gasteiger partial charge in [-0.05, 0) is 18.6 Å². The number of esters is 1. The molecular formula is C14H17N3O6S. The van der Waals surface area contributed by atoms with Crippen molar-refractivity contribution in [3.63, 3.8) is 0 Å². The van der Waals surface area contributed by atoms with Gasteiger partial charge in [0.15, 0.2) is 6.61 Å². The molecule has 0 radical (unpaired) electrons. The molecule has 9 nitrogen and oxygen atoms in total. The summed E-state index contributed by atoms with van der Waals surface area (Å²) in [6.07, 6.45) is 1.37. The number of urea groups is 1. The lowest BCUT2D eigenvalue weighted by atomic mass is 10.2. The Bertz CT molecular complexity index is 740. The zero-order valence-electron chi connectivity index (χ0n) is 12.8. The Kier molecular flexibility index (Phi) is 7.08. The Hall–Kier alpha value is -2.72. The standard InChI is InChI=1S/C14H17N3O6S/c1-10-2-4-11(5-3-10)6-7-24(21,22)16-8-13(19)23-9-12(18)17-14(15)20/h2-7,16H,8-9H2,1H3,(H3,15,17,18,20)/b7-6+. The molecule has 0 aliphatic rings. The second-order valence-corrected chi connectivity index (χ2v) is 6.30. The summed E-state index contributed by atoms with van der Waals surface area (Å²) in [4.78, 5) is 32.7. The van der Waals surface area contributed by atoms with Crippen LogP contribution in [0.25, 0.3) is 6.08 Å². The number of amides is 3. The minimum absolute atomic E-state index is 0.662. The molecule has 1 aromatic carbocycles. The normalized spacial score (nSPS) is 11.2. The second-order valence-electron chi connectivity index (χ2n) is 4.65. The summed E-state index contributed by atoms with van der Waals surface area (Å²) in [5, 5.41) is 2.59. The lowest BCUT2D eigenvalue weighted by molar-refractivity contribution is -0.147. The summed E-state index contributed by atoms with van der Waals surface area (Å²) in [6, 6.07) is 6.06. The van der Waals surface area contributed by atoms with E-state index in [1.165, 1.54) is 6.08 Å². The topological polar surface area (TPSA) is 145 Å². The fraction of sp³-hybridized carbons (Fsp3) is 0.214. The maximum Gasteiger partial charge on any atom is 0.321 e. The highest BCUT2D eigenvalue weighted by Crippen LogP contribution is 2.05. The summed E-state index contributed by atoms with van der Waals surface area (Å²) in [5.74, 6) is -1.90. The molecule has 1 rings (SSSR count). The summed E-state index contributed by atoms with van der Waals surface area (Å²) < 4.78 is 29.9. The molecule has 0 saturated carbocycles. The fourth-order valence-electron chi connectivity index (χ4n) is 1.42. The second kappa shape index (κ2) is 8.79. The molecule has 1 aromatic rings. The Morgan fingerprint density at radius 2 is 1.83 bits per heavy atom. The molecule has 4 N–H and O–H groups in total. The third-order valence-corrected chi connectivity index (χ3v) is 3.60. The van der Waals surface area contributed by atoms with Crippen molar-refractivity contribution >= 4 is 34.0 Å². The average molecular weight is 355 g/mol. The zero-order valence-corrected chi connectivity index (χ0v) is 13.6. The summed E-state index contributed by atoms with van der Waals surface area (Å²) in [6.45, 7) is 0.494. The number of nitrogens with two attached hydrogens (primary N) is 1. The van der Waals surface area contributed by atoms with Crippen LogP contribution in [0.1, 0.15) is 11.1 Å². The van der Waals surface area contributed by atoms with E-state index in [1.54, 1.807) is 17.4 Å². The van der Waals surface area contributed by atoms with Crippen molar-refractivity contribution in [2.24, 2.45) is 5.73 Å². The Morgan fingerprint density at radius 1 is 1.21 bits per heavy atom. The number of carbonyl (C=O) groups excluding carboxylic acids is 3. The van der Waals surface area contributed by atoms with Crippen molar-refractivity contribution in [1.29, 1.82) is 0 Å². The van der Waals surface area contributed by atoms with Crippen LogP contribution in [0.15, 0.2) is 29.7 Å². The molecule has 10 heteroatoms. The summed E-state index contributed by atoms with van der Waals surface area (Å²) in [5.41, 5.74) is 6.41. The SMILES string of the molecule is Cc1ccc(/C=C/S(=O)(=O)NCC(=O)OCC(=O)NC(N)=O)cc1. The van der Waals surface area contributed by atoms with Gasteiger partial charge in [-0.25, -0.2) is 17.9 Å². The van der Waals surface area contributed by atoms with Crippen molar-refractivity contribution in [3.8, 4) is 0 Å². The first-order valence-corrected chi connectivity index (χ1v) is 8.22. The molecule has 0 fully saturated rings. The lowest BCUT2D eigenvalue weighted by Gasteiger charge is -2.05. The number of primary amides is 1. The number of hydrogen-bond donors (Lipinski definition) is 3. The van der Waals surface area contributed by atoms with E-state index in [1.807, 2.05) is 23.8 Å². The molecule has 0 unspecified atom stereocenters. The van der Waals surface area contributed by atoms with E-state index >= 15 is 0 Å². The smallest absolute Gasteiger partial charge is 0.321 e. The summed E-state index contributed by atoms with van der Waals surface area (Å²) >= 11 is 0. The quantitative estimate of drug-likeness (QED) is 0.569. The monoisotopic (exact) mass is 355 g/mol. The molecule has 0 atom stereocenters. The average Bonchev–Trinajstić information content (AvgIpc) is 2.50. The van der Waals surface area contributed by atoms with Gasteiger partial charge in [-0.3, -0.25) is 14.9 Å². The number of aryl methyl sites for hydroxylation is 1. The van der Waals surface area contributed by atoms with Crippen LogP contribution in [-0.2, 0) is 24.3 Å². The number of benzene rings is 1. The van der Waals surface area contributed by atoms with Crippen molar-refractivity contribution < 1.29 is 27.5 Å². The van der Waals surface area contributed by atoms with E-state index in [2.05, 4.69) is 4.74 Å². The minimum Gasteiger partial charge on any atom is -0.455 e. The molecule has 0 aromatic heterocycles. The number of sulfonamides is 1. The van der Waals surface area contributed by atoms with Gasteiger partial charge in [-0.1, -0.05) is 29.8 Å². The van der Waals surface area contributed by atoms with Gasteiger partial charge in [0.1, 0.15) is 6.54 Å². The van der Waals surface area contributed by atoms with Crippen molar-refractivity contribution in [1.82, 2.24) is 10.0 Å². The molecule has 3 amide bonds. The number of ether oxygens (including phenoxy) is 1. The van der Waals surface area contributed by atoms with E-state index in [-0.39, 0.29) is 0 Å². The van der Waals surface area contributed by atoms with Crippen LogP contribution in [0.5, 0.6) is 0 Å². The first-order valence-electron chi connectivity index (χ1n) is 6.67. The highest BCUT2D eigenvalue weighted by molar-refractivity contribution is 7.92. The Labute approximate surface area is 138 Å². The van der Waals surface area contributed by atoms with Crippen molar-refractivity contribution in [2.45, 2.75) is 6.92 Å². The number of rotatable bonds is 7. The molecule has 0 bridgehead atoms. The van der Waals surface area contributed by atoms with E-state index in [9.17, 15) is 22.8 Å². The van der Waals surface area contributed by atoms with Crippen LogP contribution >= 0.6 is 0 Å². The number of hydrogen-bond acceptors (Lipinski definition) is 6.